The zero-order valence-corrected chi connectivity index (χ0v) is 12.6. The summed E-state index contributed by atoms with van der Waals surface area (Å²) >= 11 is 0. The van der Waals surface area contributed by atoms with Gasteiger partial charge < -0.3 is 10.0 Å². The number of hydrogen-bond donors (Lipinski definition) is 1. The molecule has 5 nitrogen and oxygen atoms in total. The highest BCUT2D eigenvalue weighted by Gasteiger charge is 2.20. The summed E-state index contributed by atoms with van der Waals surface area (Å²) in [5, 5.41) is 20.3. The second kappa shape index (κ2) is 7.41. The molecule has 116 valence electrons. The first kappa shape index (κ1) is 15.8. The first-order chi connectivity index (χ1) is 10.2. The van der Waals surface area contributed by atoms with Crippen LogP contribution < -0.4 is 4.90 Å². The Morgan fingerprint density at radius 2 is 2.19 bits per heavy atom. The summed E-state index contributed by atoms with van der Waals surface area (Å²) < 4.78 is 0. The molecule has 0 aromatic heterocycles. The van der Waals surface area contributed by atoms with Gasteiger partial charge in [0.2, 0.25) is 0 Å². The third-order valence-electron chi connectivity index (χ3n) is 4.33. The van der Waals surface area contributed by atoms with Crippen LogP contribution in [-0.2, 0) is 6.61 Å². The van der Waals surface area contributed by atoms with Crippen LogP contribution in [0.5, 0.6) is 0 Å². The van der Waals surface area contributed by atoms with Gasteiger partial charge in [0.1, 0.15) is 0 Å². The van der Waals surface area contributed by atoms with Crippen LogP contribution in [0.25, 0.3) is 0 Å². The van der Waals surface area contributed by atoms with Crippen LogP contribution in [0.1, 0.15) is 44.6 Å². The van der Waals surface area contributed by atoms with Gasteiger partial charge in [-0.3, -0.25) is 10.1 Å². The molecule has 21 heavy (non-hydrogen) atoms. The van der Waals surface area contributed by atoms with E-state index < -0.39 is 4.92 Å². The fraction of sp³-hybridized carbons (Fsp3) is 0.625. The number of aliphatic hydroxyl groups excluding tert-OH is 1. The van der Waals surface area contributed by atoms with E-state index >= 15 is 0 Å². The number of nitro benzene ring substituents is 1. The van der Waals surface area contributed by atoms with Crippen molar-refractivity contribution in [2.75, 3.05) is 18.0 Å². The van der Waals surface area contributed by atoms with E-state index in [9.17, 15) is 15.2 Å². The second-order valence-corrected chi connectivity index (χ2v) is 5.80. The smallest absolute Gasteiger partial charge is 0.269 e. The van der Waals surface area contributed by atoms with Crippen LogP contribution in [0.2, 0.25) is 0 Å². The summed E-state index contributed by atoms with van der Waals surface area (Å²) in [5.74, 6) is 0.788. The molecule has 0 bridgehead atoms. The van der Waals surface area contributed by atoms with Crippen LogP contribution in [0.3, 0.4) is 0 Å². The van der Waals surface area contributed by atoms with Crippen molar-refractivity contribution >= 4 is 11.4 Å². The minimum atomic E-state index is -0.414. The lowest BCUT2D eigenvalue weighted by molar-refractivity contribution is -0.384. The first-order valence-electron chi connectivity index (χ1n) is 7.78. The molecule has 1 aliphatic heterocycles. The van der Waals surface area contributed by atoms with E-state index in [-0.39, 0.29) is 12.3 Å². The lowest BCUT2D eigenvalue weighted by atomic mass is 9.96. The summed E-state index contributed by atoms with van der Waals surface area (Å²) in [7, 11) is 0. The number of nitro groups is 1. The fourth-order valence-electron chi connectivity index (χ4n) is 3.22. The molecular formula is C16H24N2O3. The molecule has 0 radical (unpaired) electrons. The summed E-state index contributed by atoms with van der Waals surface area (Å²) in [5.41, 5.74) is 1.64. The Hall–Kier alpha value is -1.62. The Labute approximate surface area is 125 Å². The number of anilines is 1. The van der Waals surface area contributed by atoms with Crippen molar-refractivity contribution in [3.05, 3.63) is 33.9 Å². The highest BCUT2D eigenvalue weighted by Crippen LogP contribution is 2.30. The molecular weight excluding hydrogens is 268 g/mol. The molecule has 1 aromatic rings. The zero-order chi connectivity index (χ0) is 15.2. The van der Waals surface area contributed by atoms with Gasteiger partial charge in [0.15, 0.2) is 0 Å². The van der Waals surface area contributed by atoms with Crippen molar-refractivity contribution in [3.63, 3.8) is 0 Å². The minimum absolute atomic E-state index is 0.0430. The second-order valence-electron chi connectivity index (χ2n) is 5.80. The molecule has 1 N–H and O–H groups in total. The average molecular weight is 292 g/mol. The van der Waals surface area contributed by atoms with E-state index in [1.165, 1.54) is 31.4 Å². The zero-order valence-electron chi connectivity index (χ0n) is 12.6. The molecule has 0 amide bonds. The quantitative estimate of drug-likeness (QED) is 0.666. The van der Waals surface area contributed by atoms with Gasteiger partial charge in [-0.05, 0) is 31.2 Å². The fourth-order valence-corrected chi connectivity index (χ4v) is 3.22. The number of benzene rings is 1. The number of rotatable bonds is 5. The Bertz CT molecular complexity index is 490. The van der Waals surface area contributed by atoms with Gasteiger partial charge in [0, 0.05) is 36.5 Å². The maximum Gasteiger partial charge on any atom is 0.269 e. The standard InChI is InChI=1S/C16H24N2O3/c1-2-4-13-5-3-9-17(10-8-13)16-7-6-15(18(20)21)11-14(16)12-19/h6-7,11,13,19H,2-5,8-10,12H2,1H3. The van der Waals surface area contributed by atoms with Gasteiger partial charge in [0.05, 0.1) is 11.5 Å². The monoisotopic (exact) mass is 292 g/mol. The van der Waals surface area contributed by atoms with E-state index in [1.807, 2.05) is 0 Å². The molecule has 0 spiro atoms. The van der Waals surface area contributed by atoms with Crippen LogP contribution >= 0.6 is 0 Å². The maximum absolute atomic E-state index is 10.8. The topological polar surface area (TPSA) is 66.6 Å². The van der Waals surface area contributed by atoms with Crippen molar-refractivity contribution in [2.24, 2.45) is 5.92 Å². The normalized spacial score (nSPS) is 19.3. The third kappa shape index (κ3) is 3.94. The van der Waals surface area contributed by atoms with Crippen LogP contribution in [0.15, 0.2) is 18.2 Å². The van der Waals surface area contributed by atoms with Crippen molar-refractivity contribution < 1.29 is 10.0 Å². The van der Waals surface area contributed by atoms with Gasteiger partial charge in [-0.1, -0.05) is 19.8 Å². The molecule has 1 unspecified atom stereocenters. The van der Waals surface area contributed by atoms with Crippen molar-refractivity contribution in [1.29, 1.82) is 0 Å². The Kier molecular flexibility index (Phi) is 5.56. The van der Waals surface area contributed by atoms with Crippen molar-refractivity contribution in [1.82, 2.24) is 0 Å². The lowest BCUT2D eigenvalue weighted by Crippen LogP contribution is -2.25. The maximum atomic E-state index is 10.8. The molecule has 1 atom stereocenters. The molecule has 0 saturated carbocycles. The van der Waals surface area contributed by atoms with Crippen LogP contribution in [0, 0.1) is 16.0 Å². The SMILES string of the molecule is CCCC1CCCN(c2ccc([N+](=O)[O-])cc2CO)CC1. The molecule has 1 heterocycles. The average Bonchev–Trinajstić information content (AvgIpc) is 2.72. The molecule has 1 fully saturated rings. The largest absolute Gasteiger partial charge is 0.392 e. The third-order valence-corrected chi connectivity index (χ3v) is 4.33. The molecule has 1 aromatic carbocycles. The number of aliphatic hydroxyl groups is 1. The predicted molar refractivity (Wildman–Crippen MR) is 83.5 cm³/mol. The first-order valence-corrected chi connectivity index (χ1v) is 7.78. The highest BCUT2D eigenvalue weighted by atomic mass is 16.6. The van der Waals surface area contributed by atoms with E-state index in [4.69, 9.17) is 0 Å². The Morgan fingerprint density at radius 3 is 2.86 bits per heavy atom. The molecule has 2 rings (SSSR count). The van der Waals surface area contributed by atoms with E-state index in [0.717, 1.165) is 37.5 Å². The highest BCUT2D eigenvalue weighted by molar-refractivity contribution is 5.57. The molecule has 1 aliphatic rings. The van der Waals surface area contributed by atoms with Gasteiger partial charge >= 0.3 is 0 Å². The van der Waals surface area contributed by atoms with Crippen LogP contribution in [0.4, 0.5) is 11.4 Å². The summed E-state index contributed by atoms with van der Waals surface area (Å²) in [6.07, 6.45) is 6.07. The number of nitrogens with zero attached hydrogens (tertiary/aromatic N) is 2. The lowest BCUT2D eigenvalue weighted by Gasteiger charge is -2.25. The molecule has 1 saturated heterocycles. The van der Waals surface area contributed by atoms with E-state index in [2.05, 4.69) is 11.8 Å². The van der Waals surface area contributed by atoms with Gasteiger partial charge in [0.25, 0.3) is 5.69 Å². The summed E-state index contributed by atoms with van der Waals surface area (Å²) in [6.45, 7) is 4.00. The minimum Gasteiger partial charge on any atom is -0.392 e. The number of hydrogen-bond acceptors (Lipinski definition) is 4. The molecule has 0 aliphatic carbocycles. The van der Waals surface area contributed by atoms with Gasteiger partial charge in [-0.2, -0.15) is 0 Å². The van der Waals surface area contributed by atoms with Gasteiger partial charge in [-0.15, -0.1) is 0 Å². The predicted octanol–water partition coefficient (Wildman–Crippen LogP) is 3.49. The number of non-ortho nitro benzene ring substituents is 1. The molecule has 5 heteroatoms. The van der Waals surface area contributed by atoms with Crippen molar-refractivity contribution in [3.8, 4) is 0 Å². The summed E-state index contributed by atoms with van der Waals surface area (Å²) in [6, 6.07) is 4.80. The Balaban J connectivity index is 2.15. The Morgan fingerprint density at radius 1 is 1.38 bits per heavy atom. The summed E-state index contributed by atoms with van der Waals surface area (Å²) in [4.78, 5) is 12.7. The van der Waals surface area contributed by atoms with Gasteiger partial charge in [-0.25, -0.2) is 0 Å². The van der Waals surface area contributed by atoms with Crippen molar-refractivity contribution in [2.45, 2.75) is 45.6 Å². The van der Waals surface area contributed by atoms with Crippen LogP contribution in [-0.4, -0.2) is 23.1 Å². The van der Waals surface area contributed by atoms with E-state index in [0.29, 0.717) is 5.56 Å². The van der Waals surface area contributed by atoms with E-state index in [1.54, 1.807) is 6.07 Å².